The molecule has 0 radical (unpaired) electrons. The van der Waals surface area contributed by atoms with Gasteiger partial charge in [0.2, 0.25) is 5.13 Å². The molecule has 2 aromatic carbocycles. The first-order valence-electron chi connectivity index (χ1n) is 9.11. The van der Waals surface area contributed by atoms with Crippen LogP contribution >= 0.6 is 27.3 Å². The van der Waals surface area contributed by atoms with E-state index >= 15 is 0 Å². The minimum Gasteiger partial charge on any atom is -0.400 e. The molecule has 0 aliphatic rings. The third-order valence-electron chi connectivity index (χ3n) is 4.34. The fourth-order valence-corrected chi connectivity index (χ4v) is 4.23. The molecule has 32 heavy (non-hydrogen) atoms. The summed E-state index contributed by atoms with van der Waals surface area (Å²) < 4.78 is 6.79. The molecular weight excluding hydrogens is 500 g/mol. The van der Waals surface area contributed by atoms with Crippen molar-refractivity contribution in [3.05, 3.63) is 86.1 Å². The molecule has 2 aromatic heterocycles. The van der Waals surface area contributed by atoms with E-state index in [1.54, 1.807) is 12.1 Å². The van der Waals surface area contributed by atoms with Crippen LogP contribution in [0.25, 0.3) is 10.2 Å². The van der Waals surface area contributed by atoms with E-state index in [1.165, 1.54) is 48.7 Å². The maximum atomic E-state index is 13.3. The van der Waals surface area contributed by atoms with Gasteiger partial charge >= 0.3 is 5.88 Å². The number of anilines is 1. The monoisotopic (exact) mass is 512 g/mol. The van der Waals surface area contributed by atoms with Crippen LogP contribution in [0, 0.1) is 10.1 Å². The van der Waals surface area contributed by atoms with Gasteiger partial charge in [0, 0.05) is 15.6 Å². The number of fused-ring (bicyclic) bond motifs is 1. The second-order valence-electron chi connectivity index (χ2n) is 6.54. The third kappa shape index (κ3) is 4.48. The molecule has 4 rings (SSSR count). The number of aromatic nitrogens is 1. The first-order chi connectivity index (χ1) is 15.3. The van der Waals surface area contributed by atoms with E-state index in [4.69, 9.17) is 4.42 Å². The lowest BCUT2D eigenvalue weighted by Gasteiger charge is -2.13. The number of hydrazone groups is 1. The first kappa shape index (κ1) is 21.5. The molecule has 11 heteroatoms. The minimum atomic E-state index is -0.664. The number of hydrogen-bond acceptors (Lipinski definition) is 8. The molecule has 0 aliphatic carbocycles. The number of rotatable bonds is 6. The number of hydrogen-bond donors (Lipinski definition) is 0. The van der Waals surface area contributed by atoms with Gasteiger partial charge in [0.1, 0.15) is 4.92 Å². The molecule has 9 nitrogen and oxygen atoms in total. The van der Waals surface area contributed by atoms with Crippen molar-refractivity contribution in [2.75, 3.05) is 5.01 Å². The van der Waals surface area contributed by atoms with E-state index in [1.807, 2.05) is 18.2 Å². The van der Waals surface area contributed by atoms with Gasteiger partial charge in [-0.2, -0.15) is 10.1 Å². The van der Waals surface area contributed by atoms with Crippen molar-refractivity contribution >= 4 is 66.4 Å². The van der Waals surface area contributed by atoms with Crippen molar-refractivity contribution in [2.45, 2.75) is 6.92 Å². The summed E-state index contributed by atoms with van der Waals surface area (Å²) in [4.78, 5) is 39.4. The second-order valence-corrected chi connectivity index (χ2v) is 8.46. The quantitative estimate of drug-likeness (QED) is 0.147. The van der Waals surface area contributed by atoms with Gasteiger partial charge in [-0.15, -0.1) is 0 Å². The Labute approximate surface area is 193 Å². The molecule has 0 aliphatic heterocycles. The fourth-order valence-electron chi connectivity index (χ4n) is 2.76. The summed E-state index contributed by atoms with van der Waals surface area (Å²) in [6, 6.07) is 14.3. The van der Waals surface area contributed by atoms with Crippen LogP contribution in [0.2, 0.25) is 0 Å². The molecule has 0 saturated carbocycles. The molecule has 4 aromatic rings. The number of carbonyl (C=O) groups is 2. The predicted octanol–water partition coefficient (Wildman–Crippen LogP) is 5.44. The number of benzene rings is 2. The van der Waals surface area contributed by atoms with Gasteiger partial charge in [-0.3, -0.25) is 19.7 Å². The van der Waals surface area contributed by atoms with E-state index in [-0.39, 0.29) is 17.1 Å². The average molecular weight is 513 g/mol. The predicted molar refractivity (Wildman–Crippen MR) is 124 cm³/mol. The summed E-state index contributed by atoms with van der Waals surface area (Å²) in [6.07, 6.45) is 1.21. The van der Waals surface area contributed by atoms with Gasteiger partial charge in [0.25, 0.3) is 5.91 Å². The second kappa shape index (κ2) is 8.81. The summed E-state index contributed by atoms with van der Waals surface area (Å²) in [5, 5.41) is 16.4. The van der Waals surface area contributed by atoms with Crippen LogP contribution in [0.15, 0.2) is 68.6 Å². The van der Waals surface area contributed by atoms with Crippen LogP contribution in [-0.2, 0) is 0 Å². The molecule has 0 spiro atoms. The first-order valence-corrected chi connectivity index (χ1v) is 10.7. The van der Waals surface area contributed by atoms with E-state index in [2.05, 4.69) is 26.0 Å². The summed E-state index contributed by atoms with van der Waals surface area (Å²) >= 11 is 4.66. The number of nitro groups is 1. The summed E-state index contributed by atoms with van der Waals surface area (Å²) in [7, 11) is 0. The Kier molecular flexibility index (Phi) is 5.93. The SMILES string of the molecule is CC(=O)c1ccc(C(=O)N(/N=C/c2ccc([N+](=O)[O-])o2)c2nc3ccc(Br)cc3s2)cc1. The maximum absolute atomic E-state index is 13.3. The Bertz CT molecular complexity index is 1380. The lowest BCUT2D eigenvalue weighted by molar-refractivity contribution is -0.402. The topological polar surface area (TPSA) is 119 Å². The third-order valence-corrected chi connectivity index (χ3v) is 5.83. The highest BCUT2D eigenvalue weighted by Gasteiger charge is 2.22. The van der Waals surface area contributed by atoms with Crippen LogP contribution in [0.1, 0.15) is 33.4 Å². The van der Waals surface area contributed by atoms with Crippen molar-refractivity contribution in [1.82, 2.24) is 4.98 Å². The normalized spacial score (nSPS) is 11.2. The number of amides is 1. The van der Waals surface area contributed by atoms with E-state index < -0.39 is 16.7 Å². The van der Waals surface area contributed by atoms with Crippen molar-refractivity contribution < 1.29 is 18.9 Å². The zero-order valence-electron chi connectivity index (χ0n) is 16.4. The highest BCUT2D eigenvalue weighted by atomic mass is 79.9. The smallest absolute Gasteiger partial charge is 0.400 e. The highest BCUT2D eigenvalue weighted by molar-refractivity contribution is 9.10. The van der Waals surface area contributed by atoms with Crippen molar-refractivity contribution in [3.63, 3.8) is 0 Å². The van der Waals surface area contributed by atoms with Crippen molar-refractivity contribution in [2.24, 2.45) is 5.10 Å². The Hall–Kier alpha value is -3.70. The summed E-state index contributed by atoms with van der Waals surface area (Å²) in [5.74, 6) is -0.940. The Balaban J connectivity index is 1.73. The Morgan fingerprint density at radius 3 is 2.53 bits per heavy atom. The number of halogens is 1. The fraction of sp³-hybridized carbons (Fsp3) is 0.0476. The minimum absolute atomic E-state index is 0.102. The summed E-state index contributed by atoms with van der Waals surface area (Å²) in [5.41, 5.74) is 1.45. The van der Waals surface area contributed by atoms with Crippen LogP contribution in [0.4, 0.5) is 11.0 Å². The standard InChI is InChI=1S/C21H13BrN4O5S/c1-12(27)13-2-4-14(5-3-13)20(28)25(23-11-16-7-9-19(31-16)26(29)30)21-24-17-8-6-15(22)10-18(17)32-21/h2-11H,1H3/b23-11+. The molecule has 0 atom stereocenters. The van der Waals surface area contributed by atoms with Crippen LogP contribution < -0.4 is 5.01 Å². The number of thiazole rings is 1. The Morgan fingerprint density at radius 1 is 1.16 bits per heavy atom. The number of ketones is 1. The lowest BCUT2D eigenvalue weighted by atomic mass is 10.1. The van der Waals surface area contributed by atoms with Gasteiger partial charge in [-0.25, -0.2) is 4.98 Å². The maximum Gasteiger partial charge on any atom is 0.433 e. The van der Waals surface area contributed by atoms with Crippen molar-refractivity contribution in [3.8, 4) is 0 Å². The number of furan rings is 1. The molecule has 0 bridgehead atoms. The zero-order chi connectivity index (χ0) is 22.8. The van der Waals surface area contributed by atoms with Gasteiger partial charge in [0.05, 0.1) is 22.5 Å². The molecule has 0 N–H and O–H groups in total. The number of Topliss-reactive ketones (excluding diaryl/α,β-unsaturated/α-hetero) is 1. The van der Waals surface area contributed by atoms with Gasteiger partial charge < -0.3 is 4.42 Å². The van der Waals surface area contributed by atoms with Crippen LogP contribution in [-0.4, -0.2) is 27.8 Å². The largest absolute Gasteiger partial charge is 0.433 e. The summed E-state index contributed by atoms with van der Waals surface area (Å²) in [6.45, 7) is 1.44. The van der Waals surface area contributed by atoms with Gasteiger partial charge in [-0.1, -0.05) is 39.4 Å². The Morgan fingerprint density at radius 2 is 1.88 bits per heavy atom. The van der Waals surface area contributed by atoms with E-state index in [9.17, 15) is 19.7 Å². The molecular formula is C21H13BrN4O5S. The highest BCUT2D eigenvalue weighted by Crippen LogP contribution is 2.32. The molecule has 0 unspecified atom stereocenters. The van der Waals surface area contributed by atoms with Crippen LogP contribution in [0.5, 0.6) is 0 Å². The lowest BCUT2D eigenvalue weighted by Crippen LogP contribution is -2.25. The molecule has 160 valence electrons. The molecule has 0 saturated heterocycles. The van der Waals surface area contributed by atoms with E-state index in [0.717, 1.165) is 14.2 Å². The van der Waals surface area contributed by atoms with E-state index in [0.29, 0.717) is 16.2 Å². The molecule has 1 amide bonds. The number of carbonyl (C=O) groups excluding carboxylic acids is 2. The molecule has 2 heterocycles. The average Bonchev–Trinajstić information content (AvgIpc) is 3.40. The van der Waals surface area contributed by atoms with Crippen molar-refractivity contribution in [1.29, 1.82) is 0 Å². The van der Waals surface area contributed by atoms with Crippen LogP contribution in [0.3, 0.4) is 0 Å². The van der Waals surface area contributed by atoms with Gasteiger partial charge in [0.15, 0.2) is 11.5 Å². The van der Waals surface area contributed by atoms with Gasteiger partial charge in [-0.05, 0) is 43.3 Å². The molecule has 0 fully saturated rings. The zero-order valence-corrected chi connectivity index (χ0v) is 18.8. The number of nitrogens with zero attached hydrogens (tertiary/aromatic N) is 4.